The number of amides is 1. The molecule has 0 aliphatic carbocycles. The van der Waals surface area contributed by atoms with E-state index in [9.17, 15) is 18.0 Å². The molecule has 2 aliphatic heterocycles. The van der Waals surface area contributed by atoms with Crippen molar-refractivity contribution in [1.29, 1.82) is 0 Å². The lowest BCUT2D eigenvalue weighted by atomic mass is 9.93. The van der Waals surface area contributed by atoms with Gasteiger partial charge >= 0.3 is 6.18 Å². The maximum absolute atomic E-state index is 13.4. The van der Waals surface area contributed by atoms with E-state index in [0.717, 1.165) is 37.7 Å². The number of hydrogen-bond acceptors (Lipinski definition) is 4. The van der Waals surface area contributed by atoms with Gasteiger partial charge in [-0.3, -0.25) is 9.78 Å². The molecule has 1 N–H and O–H groups in total. The molecule has 4 rings (SSSR count). The molecule has 2 unspecified atom stereocenters. The topological polar surface area (TPSA) is 48.5 Å². The average molecular weight is 435 g/mol. The molecule has 31 heavy (non-hydrogen) atoms. The zero-order valence-electron chi connectivity index (χ0n) is 18.0. The number of fused-ring (bicyclic) bond motifs is 1. The van der Waals surface area contributed by atoms with Crippen LogP contribution in [0.4, 0.5) is 18.9 Å². The number of benzene rings is 1. The molecule has 0 bridgehead atoms. The van der Waals surface area contributed by atoms with Gasteiger partial charge in [-0.15, -0.1) is 0 Å². The number of halogens is 3. The van der Waals surface area contributed by atoms with Gasteiger partial charge in [0.25, 0.3) is 0 Å². The molecule has 2 fully saturated rings. The van der Waals surface area contributed by atoms with Crippen LogP contribution in [0.25, 0.3) is 10.9 Å². The van der Waals surface area contributed by atoms with Crippen LogP contribution in [0, 0.1) is 11.8 Å². The standard InChI is InChI=1S/C23H29F3N4O/c1-15-13-30(14-19(15)28-21(31)12-16-7-10-29(2)11-8-16)20-6-5-18(23(24,25)26)22-17(20)4-3-9-27-22/h3-6,9,15-16,19H,7-8,10-14H2,1-2H3,(H,28,31). The third-order valence-corrected chi connectivity index (χ3v) is 6.66. The number of hydrogen-bond donors (Lipinski definition) is 1. The van der Waals surface area contributed by atoms with Gasteiger partial charge in [-0.25, -0.2) is 0 Å². The normalized spacial score (nSPS) is 23.5. The number of carbonyl (C=O) groups excluding carboxylic acids is 1. The van der Waals surface area contributed by atoms with Crippen LogP contribution < -0.4 is 10.2 Å². The summed E-state index contributed by atoms with van der Waals surface area (Å²) in [6.45, 7) is 5.39. The summed E-state index contributed by atoms with van der Waals surface area (Å²) in [6, 6.07) is 5.97. The van der Waals surface area contributed by atoms with Crippen LogP contribution in [0.15, 0.2) is 30.5 Å². The maximum atomic E-state index is 13.4. The number of pyridine rings is 1. The molecule has 0 spiro atoms. The van der Waals surface area contributed by atoms with E-state index < -0.39 is 11.7 Å². The van der Waals surface area contributed by atoms with Gasteiger partial charge < -0.3 is 15.1 Å². The SMILES string of the molecule is CC1CN(c2ccc(C(F)(F)F)c3ncccc23)CC1NC(=O)CC1CCN(C)CC1. The van der Waals surface area contributed by atoms with Crippen LogP contribution in [-0.4, -0.2) is 55.1 Å². The van der Waals surface area contributed by atoms with E-state index in [2.05, 4.69) is 34.1 Å². The van der Waals surface area contributed by atoms with Crippen molar-refractivity contribution in [3.63, 3.8) is 0 Å². The molecule has 1 amide bonds. The van der Waals surface area contributed by atoms with Crippen LogP contribution >= 0.6 is 0 Å². The van der Waals surface area contributed by atoms with E-state index in [1.165, 1.54) is 12.3 Å². The fourth-order valence-corrected chi connectivity index (χ4v) is 4.81. The van der Waals surface area contributed by atoms with Gasteiger partial charge in [0, 0.05) is 36.8 Å². The van der Waals surface area contributed by atoms with Crippen LogP contribution in [-0.2, 0) is 11.0 Å². The van der Waals surface area contributed by atoms with Gasteiger partial charge in [-0.1, -0.05) is 6.92 Å². The smallest absolute Gasteiger partial charge is 0.369 e. The van der Waals surface area contributed by atoms with Crippen LogP contribution in [0.1, 0.15) is 31.7 Å². The summed E-state index contributed by atoms with van der Waals surface area (Å²) in [5, 5.41) is 3.67. The monoisotopic (exact) mass is 434 g/mol. The first-order valence-electron chi connectivity index (χ1n) is 10.9. The molecule has 8 heteroatoms. The van der Waals surface area contributed by atoms with Crippen molar-refractivity contribution >= 4 is 22.5 Å². The van der Waals surface area contributed by atoms with Gasteiger partial charge in [-0.05, 0) is 69.1 Å². The van der Waals surface area contributed by atoms with E-state index in [1.807, 2.05) is 0 Å². The Kier molecular flexibility index (Phi) is 6.10. The Morgan fingerprint density at radius 2 is 1.94 bits per heavy atom. The zero-order valence-corrected chi connectivity index (χ0v) is 18.0. The Morgan fingerprint density at radius 3 is 2.65 bits per heavy atom. The highest BCUT2D eigenvalue weighted by molar-refractivity contribution is 5.94. The molecule has 2 atom stereocenters. The number of nitrogens with one attached hydrogen (secondary N) is 1. The number of alkyl halides is 3. The third-order valence-electron chi connectivity index (χ3n) is 6.66. The van der Waals surface area contributed by atoms with E-state index in [1.54, 1.807) is 12.1 Å². The largest absolute Gasteiger partial charge is 0.418 e. The van der Waals surface area contributed by atoms with E-state index in [0.29, 0.717) is 30.8 Å². The predicted octanol–water partition coefficient (Wildman–Crippen LogP) is 3.93. The van der Waals surface area contributed by atoms with Crippen molar-refractivity contribution in [2.75, 3.05) is 38.1 Å². The number of aromatic nitrogens is 1. The summed E-state index contributed by atoms with van der Waals surface area (Å²) in [5.74, 6) is 0.705. The highest BCUT2D eigenvalue weighted by Gasteiger charge is 2.36. The highest BCUT2D eigenvalue weighted by atomic mass is 19.4. The molecule has 2 aliphatic rings. The second-order valence-corrected chi connectivity index (χ2v) is 9.04. The summed E-state index contributed by atoms with van der Waals surface area (Å²) >= 11 is 0. The second kappa shape index (κ2) is 8.65. The van der Waals surface area contributed by atoms with Crippen LogP contribution in [0.2, 0.25) is 0 Å². The first kappa shape index (κ1) is 21.9. The maximum Gasteiger partial charge on any atom is 0.418 e. The number of piperidine rings is 1. The van der Waals surface area contributed by atoms with E-state index in [4.69, 9.17) is 0 Å². The van der Waals surface area contributed by atoms with Gasteiger partial charge in [-0.2, -0.15) is 13.2 Å². The number of anilines is 1. The molecule has 2 saturated heterocycles. The van der Waals surface area contributed by atoms with Crippen molar-refractivity contribution in [2.45, 2.75) is 38.4 Å². The number of rotatable bonds is 4. The quantitative estimate of drug-likeness (QED) is 0.792. The second-order valence-electron chi connectivity index (χ2n) is 9.04. The minimum Gasteiger partial charge on any atom is -0.369 e. The van der Waals surface area contributed by atoms with Crippen molar-refractivity contribution in [3.8, 4) is 0 Å². The van der Waals surface area contributed by atoms with Gasteiger partial charge in [0.2, 0.25) is 5.91 Å². The van der Waals surface area contributed by atoms with Crippen molar-refractivity contribution in [3.05, 3.63) is 36.0 Å². The number of nitrogens with zero attached hydrogens (tertiary/aromatic N) is 3. The summed E-state index contributed by atoms with van der Waals surface area (Å²) < 4.78 is 40.2. The summed E-state index contributed by atoms with van der Waals surface area (Å²) in [5.41, 5.74) is -0.0213. The molecule has 3 heterocycles. The first-order valence-corrected chi connectivity index (χ1v) is 10.9. The highest BCUT2D eigenvalue weighted by Crippen LogP contribution is 2.38. The Hall–Kier alpha value is -2.35. The van der Waals surface area contributed by atoms with Crippen molar-refractivity contribution < 1.29 is 18.0 Å². The molecule has 2 aromatic rings. The molecule has 0 saturated carbocycles. The molecule has 1 aromatic carbocycles. The molecular formula is C23H29F3N4O. The fraction of sp³-hybridized carbons (Fsp3) is 0.565. The lowest BCUT2D eigenvalue weighted by Gasteiger charge is -2.29. The molecule has 1 aromatic heterocycles. The fourth-order valence-electron chi connectivity index (χ4n) is 4.81. The molecular weight excluding hydrogens is 405 g/mol. The van der Waals surface area contributed by atoms with E-state index >= 15 is 0 Å². The summed E-state index contributed by atoms with van der Waals surface area (Å²) in [6.07, 6.45) is -0.431. The summed E-state index contributed by atoms with van der Waals surface area (Å²) in [7, 11) is 2.10. The van der Waals surface area contributed by atoms with Crippen LogP contribution in [0.5, 0.6) is 0 Å². The molecule has 168 valence electrons. The minimum absolute atomic E-state index is 0.0206. The Labute approximate surface area is 180 Å². The van der Waals surface area contributed by atoms with Crippen LogP contribution in [0.3, 0.4) is 0 Å². The number of carbonyl (C=O) groups is 1. The zero-order chi connectivity index (χ0) is 22.2. The average Bonchev–Trinajstić information content (AvgIpc) is 3.08. The first-order chi connectivity index (χ1) is 14.7. The Morgan fingerprint density at radius 1 is 1.19 bits per heavy atom. The molecule has 0 radical (unpaired) electrons. The Bertz CT molecular complexity index is 940. The lowest BCUT2D eigenvalue weighted by molar-refractivity contribution is -0.136. The lowest BCUT2D eigenvalue weighted by Crippen LogP contribution is -2.41. The molecule has 5 nitrogen and oxygen atoms in total. The van der Waals surface area contributed by atoms with Gasteiger partial charge in [0.1, 0.15) is 0 Å². The summed E-state index contributed by atoms with van der Waals surface area (Å²) in [4.78, 5) is 21.0. The third kappa shape index (κ3) is 4.79. The van der Waals surface area contributed by atoms with Crippen molar-refractivity contribution in [2.24, 2.45) is 11.8 Å². The van der Waals surface area contributed by atoms with Crippen molar-refractivity contribution in [1.82, 2.24) is 15.2 Å². The van der Waals surface area contributed by atoms with Gasteiger partial charge in [0.05, 0.1) is 17.1 Å². The predicted molar refractivity (Wildman–Crippen MR) is 115 cm³/mol. The van der Waals surface area contributed by atoms with Gasteiger partial charge in [0.15, 0.2) is 0 Å². The number of likely N-dealkylation sites (tertiary alicyclic amines) is 1. The minimum atomic E-state index is -4.45. The Balaban J connectivity index is 1.46. The van der Waals surface area contributed by atoms with E-state index in [-0.39, 0.29) is 23.4 Å².